The van der Waals surface area contributed by atoms with Gasteiger partial charge < -0.3 is 5.32 Å². The fraction of sp³-hybridized carbons (Fsp3) is 0.188. The third kappa shape index (κ3) is 2.63. The quantitative estimate of drug-likeness (QED) is 0.844. The van der Waals surface area contributed by atoms with Gasteiger partial charge in [0.05, 0.1) is 5.38 Å². The lowest BCUT2D eigenvalue weighted by molar-refractivity contribution is 0.0946. The van der Waals surface area contributed by atoms with E-state index in [1.54, 1.807) is 6.07 Å². The largest absolute Gasteiger partial charge is 0.352 e. The molecular formula is C16H12ClF2NO. The van der Waals surface area contributed by atoms with Crippen LogP contribution in [-0.4, -0.2) is 12.5 Å². The summed E-state index contributed by atoms with van der Waals surface area (Å²) in [6, 6.07) is 8.95. The second kappa shape index (κ2) is 5.45. The van der Waals surface area contributed by atoms with E-state index >= 15 is 0 Å². The first kappa shape index (κ1) is 14.0. The van der Waals surface area contributed by atoms with Crippen LogP contribution in [0.25, 0.3) is 0 Å². The van der Waals surface area contributed by atoms with E-state index < -0.39 is 17.0 Å². The fourth-order valence-electron chi connectivity index (χ4n) is 2.45. The Bertz CT molecular complexity index is 717. The molecule has 1 heterocycles. The lowest BCUT2D eigenvalue weighted by Gasteiger charge is -2.19. The topological polar surface area (TPSA) is 29.1 Å². The molecule has 0 fully saturated rings. The molecule has 1 unspecified atom stereocenters. The molecular weight excluding hydrogens is 296 g/mol. The van der Waals surface area contributed by atoms with Gasteiger partial charge in [0.1, 0.15) is 0 Å². The van der Waals surface area contributed by atoms with Gasteiger partial charge in [0.2, 0.25) is 0 Å². The molecule has 0 radical (unpaired) electrons. The summed E-state index contributed by atoms with van der Waals surface area (Å²) in [5.74, 6) is -1.98. The van der Waals surface area contributed by atoms with Crippen molar-refractivity contribution in [3.05, 3.63) is 70.3 Å². The maximum Gasteiger partial charge on any atom is 0.251 e. The second-order valence-electron chi connectivity index (χ2n) is 4.96. The van der Waals surface area contributed by atoms with Gasteiger partial charge in [0, 0.05) is 12.1 Å². The zero-order valence-electron chi connectivity index (χ0n) is 11.0. The molecule has 0 bridgehead atoms. The van der Waals surface area contributed by atoms with E-state index in [1.165, 1.54) is 6.07 Å². The molecule has 0 saturated heterocycles. The summed E-state index contributed by atoms with van der Waals surface area (Å²) >= 11 is 6.33. The average Bonchev–Trinajstić information content (AvgIpc) is 2.49. The minimum atomic E-state index is -0.936. The maximum absolute atomic E-state index is 13.3. The Kier molecular flexibility index (Phi) is 3.64. The first-order valence-electron chi connectivity index (χ1n) is 6.56. The maximum atomic E-state index is 13.3. The molecule has 1 aliphatic rings. The molecule has 5 heteroatoms. The van der Waals surface area contributed by atoms with Crippen LogP contribution in [-0.2, 0) is 6.42 Å². The highest BCUT2D eigenvalue weighted by Crippen LogP contribution is 2.31. The molecule has 1 atom stereocenters. The van der Waals surface area contributed by atoms with E-state index in [0.717, 1.165) is 24.1 Å². The number of hydrogen-bond acceptors (Lipinski definition) is 1. The van der Waals surface area contributed by atoms with Crippen molar-refractivity contribution in [3.8, 4) is 0 Å². The van der Waals surface area contributed by atoms with Crippen LogP contribution < -0.4 is 5.32 Å². The van der Waals surface area contributed by atoms with Gasteiger partial charge in [-0.15, -0.1) is 11.6 Å². The van der Waals surface area contributed by atoms with Crippen LogP contribution >= 0.6 is 11.6 Å². The molecule has 2 aromatic carbocycles. The monoisotopic (exact) mass is 307 g/mol. The van der Waals surface area contributed by atoms with Crippen LogP contribution in [0.3, 0.4) is 0 Å². The molecule has 0 aliphatic carbocycles. The molecule has 0 saturated carbocycles. The lowest BCUT2D eigenvalue weighted by Crippen LogP contribution is -2.31. The normalized spacial score (nSPS) is 15.3. The Morgan fingerprint density at radius 2 is 1.76 bits per heavy atom. The number of nitrogens with one attached hydrogen (secondary N) is 1. The number of fused-ring (bicyclic) bond motifs is 1. The van der Waals surface area contributed by atoms with Gasteiger partial charge in [-0.3, -0.25) is 4.79 Å². The summed E-state index contributed by atoms with van der Waals surface area (Å²) in [5.41, 5.74) is 2.69. The Morgan fingerprint density at radius 1 is 1.05 bits per heavy atom. The van der Waals surface area contributed by atoms with E-state index in [1.807, 2.05) is 12.1 Å². The van der Waals surface area contributed by atoms with Crippen molar-refractivity contribution in [2.24, 2.45) is 0 Å². The molecule has 2 aromatic rings. The zero-order valence-corrected chi connectivity index (χ0v) is 11.8. The number of halogens is 3. The summed E-state index contributed by atoms with van der Waals surface area (Å²) < 4.78 is 26.3. The van der Waals surface area contributed by atoms with E-state index in [4.69, 9.17) is 11.6 Å². The van der Waals surface area contributed by atoms with Crippen molar-refractivity contribution >= 4 is 17.5 Å². The van der Waals surface area contributed by atoms with E-state index in [-0.39, 0.29) is 5.91 Å². The first-order valence-corrected chi connectivity index (χ1v) is 7.00. The molecule has 108 valence electrons. The van der Waals surface area contributed by atoms with Gasteiger partial charge >= 0.3 is 0 Å². The lowest BCUT2D eigenvalue weighted by atomic mass is 9.95. The standard InChI is InChI=1S/C16H12ClF2NO/c17-15(11-3-4-13(18)14(19)8-11)10-2-1-9-5-6-20-16(21)12(9)7-10/h1-4,7-8,15H,5-6H2,(H,20,21). The van der Waals surface area contributed by atoms with Gasteiger partial charge in [-0.2, -0.15) is 0 Å². The van der Waals surface area contributed by atoms with Crippen molar-refractivity contribution < 1.29 is 13.6 Å². The van der Waals surface area contributed by atoms with Crippen molar-refractivity contribution in [3.63, 3.8) is 0 Å². The Labute approximate surface area is 125 Å². The average molecular weight is 308 g/mol. The van der Waals surface area contributed by atoms with E-state index in [2.05, 4.69) is 5.32 Å². The van der Waals surface area contributed by atoms with Crippen molar-refractivity contribution in [2.75, 3.05) is 6.54 Å². The number of alkyl halides is 1. The number of hydrogen-bond donors (Lipinski definition) is 1. The summed E-state index contributed by atoms with van der Waals surface area (Å²) in [5, 5.41) is 2.13. The third-order valence-corrected chi connectivity index (χ3v) is 4.09. The van der Waals surface area contributed by atoms with Crippen LogP contribution in [0.2, 0.25) is 0 Å². The Hall–Kier alpha value is -1.94. The smallest absolute Gasteiger partial charge is 0.251 e. The van der Waals surface area contributed by atoms with Gasteiger partial charge in [0.15, 0.2) is 11.6 Å². The molecule has 1 aliphatic heterocycles. The van der Waals surface area contributed by atoms with Gasteiger partial charge in [-0.05, 0) is 41.3 Å². The predicted octanol–water partition coefficient (Wildman–Crippen LogP) is 3.58. The van der Waals surface area contributed by atoms with Gasteiger partial charge in [0.25, 0.3) is 5.91 Å². The van der Waals surface area contributed by atoms with E-state index in [0.29, 0.717) is 23.2 Å². The molecule has 3 rings (SSSR count). The Balaban J connectivity index is 1.98. The minimum absolute atomic E-state index is 0.132. The summed E-state index contributed by atoms with van der Waals surface area (Å²) in [6.07, 6.45) is 0.777. The SMILES string of the molecule is O=C1NCCc2ccc(C(Cl)c3ccc(F)c(F)c3)cc21. The molecule has 21 heavy (non-hydrogen) atoms. The van der Waals surface area contributed by atoms with Crippen LogP contribution in [0.5, 0.6) is 0 Å². The summed E-state index contributed by atoms with van der Waals surface area (Å²) in [4.78, 5) is 11.8. The first-order chi connectivity index (χ1) is 10.1. The van der Waals surface area contributed by atoms with Crippen LogP contribution in [0.1, 0.15) is 32.4 Å². The molecule has 1 N–H and O–H groups in total. The van der Waals surface area contributed by atoms with Crippen LogP contribution in [0, 0.1) is 11.6 Å². The van der Waals surface area contributed by atoms with Crippen LogP contribution in [0.15, 0.2) is 36.4 Å². The van der Waals surface area contributed by atoms with Crippen molar-refractivity contribution in [2.45, 2.75) is 11.8 Å². The predicted molar refractivity (Wildman–Crippen MR) is 76.5 cm³/mol. The number of rotatable bonds is 2. The second-order valence-corrected chi connectivity index (χ2v) is 5.40. The highest BCUT2D eigenvalue weighted by molar-refractivity contribution is 6.22. The van der Waals surface area contributed by atoms with Crippen molar-refractivity contribution in [1.82, 2.24) is 5.32 Å². The molecule has 2 nitrogen and oxygen atoms in total. The molecule has 0 aromatic heterocycles. The third-order valence-electron chi connectivity index (χ3n) is 3.59. The zero-order chi connectivity index (χ0) is 15.0. The Morgan fingerprint density at radius 3 is 2.52 bits per heavy atom. The summed E-state index contributed by atoms with van der Waals surface area (Å²) in [7, 11) is 0. The number of carbonyl (C=O) groups is 1. The van der Waals surface area contributed by atoms with Crippen molar-refractivity contribution in [1.29, 1.82) is 0 Å². The minimum Gasteiger partial charge on any atom is -0.352 e. The van der Waals surface area contributed by atoms with E-state index in [9.17, 15) is 13.6 Å². The summed E-state index contributed by atoms with van der Waals surface area (Å²) in [6.45, 7) is 0.624. The molecule has 1 amide bonds. The highest BCUT2D eigenvalue weighted by atomic mass is 35.5. The molecule has 0 spiro atoms. The van der Waals surface area contributed by atoms with Gasteiger partial charge in [-0.25, -0.2) is 8.78 Å². The highest BCUT2D eigenvalue weighted by Gasteiger charge is 2.20. The number of carbonyl (C=O) groups excluding carboxylic acids is 1. The fourth-order valence-corrected chi connectivity index (χ4v) is 2.72. The number of benzene rings is 2. The van der Waals surface area contributed by atoms with Gasteiger partial charge in [-0.1, -0.05) is 18.2 Å². The van der Waals surface area contributed by atoms with Crippen LogP contribution in [0.4, 0.5) is 8.78 Å². The number of amides is 1.